The summed E-state index contributed by atoms with van der Waals surface area (Å²) in [6.45, 7) is -0.135. The van der Waals surface area contributed by atoms with Gasteiger partial charge >= 0.3 is 12.6 Å². The monoisotopic (exact) mass is 505 g/mol. The highest BCUT2D eigenvalue weighted by Gasteiger charge is 2.20. The van der Waals surface area contributed by atoms with Gasteiger partial charge in [-0.15, -0.1) is 0 Å². The molecule has 3 heterocycles. The highest BCUT2D eigenvalue weighted by atomic mass is 35.5. The lowest BCUT2D eigenvalue weighted by molar-refractivity contribution is -0.142. The Morgan fingerprint density at radius 2 is 2.14 bits per heavy atom. The lowest BCUT2D eigenvalue weighted by Gasteiger charge is -2.11. The summed E-state index contributed by atoms with van der Waals surface area (Å²) in [5.74, 6) is -0.430. The summed E-state index contributed by atoms with van der Waals surface area (Å²) in [4.78, 5) is 15.8. The molecule has 2 N–H and O–H groups in total. The number of benzene rings is 1. The lowest BCUT2D eigenvalue weighted by atomic mass is 10.1. The van der Waals surface area contributed by atoms with Gasteiger partial charge < -0.3 is 20.1 Å². The SMILES string of the molecule is CCOC(=O)CNCCn1cc(Nc2cnn3cccnc23)c(-c2cc(Cl)ccc2OC(F)F)n1. The summed E-state index contributed by atoms with van der Waals surface area (Å²) in [5.41, 5.74) is 2.27. The van der Waals surface area contributed by atoms with Gasteiger partial charge in [-0.2, -0.15) is 19.0 Å². The maximum Gasteiger partial charge on any atom is 0.387 e. The van der Waals surface area contributed by atoms with E-state index in [9.17, 15) is 13.6 Å². The number of carbonyl (C=O) groups excluding carboxylic acids is 1. The van der Waals surface area contributed by atoms with E-state index in [1.807, 2.05) is 0 Å². The minimum atomic E-state index is -3.02. The minimum Gasteiger partial charge on any atom is -0.465 e. The third-order valence-electron chi connectivity index (χ3n) is 4.82. The van der Waals surface area contributed by atoms with Crippen LogP contribution in [0.5, 0.6) is 5.75 Å². The molecule has 0 saturated carbocycles. The number of rotatable bonds is 11. The van der Waals surface area contributed by atoms with Crippen molar-refractivity contribution in [3.8, 4) is 17.0 Å². The van der Waals surface area contributed by atoms with Crippen LogP contribution in [0.1, 0.15) is 6.92 Å². The van der Waals surface area contributed by atoms with Crippen molar-refractivity contribution in [2.45, 2.75) is 20.1 Å². The van der Waals surface area contributed by atoms with Crippen molar-refractivity contribution in [3.05, 3.63) is 54.1 Å². The molecule has 35 heavy (non-hydrogen) atoms. The van der Waals surface area contributed by atoms with E-state index in [2.05, 4.69) is 25.8 Å². The Morgan fingerprint density at radius 3 is 2.94 bits per heavy atom. The molecule has 0 aliphatic carbocycles. The van der Waals surface area contributed by atoms with Gasteiger partial charge in [0.15, 0.2) is 5.65 Å². The second kappa shape index (κ2) is 11.1. The number of carbonyl (C=O) groups is 1. The first-order valence-electron chi connectivity index (χ1n) is 10.7. The smallest absolute Gasteiger partial charge is 0.387 e. The molecule has 0 amide bonds. The van der Waals surface area contributed by atoms with Crippen LogP contribution in [0.4, 0.5) is 20.2 Å². The molecule has 0 bridgehead atoms. The molecule has 0 saturated heterocycles. The van der Waals surface area contributed by atoms with Crippen LogP contribution in [0.2, 0.25) is 5.02 Å². The summed E-state index contributed by atoms with van der Waals surface area (Å²) in [7, 11) is 0. The van der Waals surface area contributed by atoms with Crippen molar-refractivity contribution in [1.29, 1.82) is 0 Å². The maximum absolute atomic E-state index is 13.1. The molecule has 0 aliphatic rings. The predicted molar refractivity (Wildman–Crippen MR) is 125 cm³/mol. The van der Waals surface area contributed by atoms with Crippen LogP contribution in [0.25, 0.3) is 16.9 Å². The van der Waals surface area contributed by atoms with Crippen molar-refractivity contribution in [1.82, 2.24) is 29.7 Å². The first-order valence-corrected chi connectivity index (χ1v) is 11.1. The molecule has 4 rings (SSSR count). The highest BCUT2D eigenvalue weighted by molar-refractivity contribution is 6.31. The second-order valence-corrected chi connectivity index (χ2v) is 7.66. The number of esters is 1. The first-order chi connectivity index (χ1) is 16.9. The zero-order valence-corrected chi connectivity index (χ0v) is 19.4. The van der Waals surface area contributed by atoms with E-state index in [1.54, 1.807) is 47.0 Å². The summed E-state index contributed by atoms with van der Waals surface area (Å²) < 4.78 is 38.9. The molecule has 0 fully saturated rings. The minimum absolute atomic E-state index is 0.0574. The normalized spacial score (nSPS) is 11.2. The van der Waals surface area contributed by atoms with E-state index in [1.165, 1.54) is 18.2 Å². The number of nitrogens with one attached hydrogen (secondary N) is 2. The van der Waals surface area contributed by atoms with Gasteiger partial charge in [0.25, 0.3) is 0 Å². The van der Waals surface area contributed by atoms with Crippen molar-refractivity contribution in [2.75, 3.05) is 25.0 Å². The lowest BCUT2D eigenvalue weighted by Crippen LogP contribution is -2.27. The van der Waals surface area contributed by atoms with Gasteiger partial charge in [-0.1, -0.05) is 11.6 Å². The van der Waals surface area contributed by atoms with Crippen LogP contribution in [0.15, 0.2) is 49.1 Å². The van der Waals surface area contributed by atoms with E-state index < -0.39 is 6.61 Å². The molecule has 0 spiro atoms. The Labute approximate surface area is 203 Å². The van der Waals surface area contributed by atoms with Crippen molar-refractivity contribution in [2.24, 2.45) is 0 Å². The topological polar surface area (TPSA) is 108 Å². The number of hydrogen-bond donors (Lipinski definition) is 2. The first kappa shape index (κ1) is 24.4. The fourth-order valence-corrected chi connectivity index (χ4v) is 3.54. The molecule has 10 nitrogen and oxygen atoms in total. The molecule has 4 aromatic rings. The van der Waals surface area contributed by atoms with Crippen LogP contribution in [-0.2, 0) is 16.1 Å². The Hall–Kier alpha value is -3.77. The van der Waals surface area contributed by atoms with Gasteiger partial charge in [0.2, 0.25) is 0 Å². The molecule has 0 radical (unpaired) electrons. The van der Waals surface area contributed by atoms with Crippen LogP contribution in [0.3, 0.4) is 0 Å². The van der Waals surface area contributed by atoms with Gasteiger partial charge in [-0.25, -0.2) is 9.50 Å². The van der Waals surface area contributed by atoms with Crippen LogP contribution >= 0.6 is 11.6 Å². The van der Waals surface area contributed by atoms with Crippen molar-refractivity contribution in [3.63, 3.8) is 0 Å². The van der Waals surface area contributed by atoms with Crippen molar-refractivity contribution < 1.29 is 23.0 Å². The molecule has 0 atom stereocenters. The van der Waals surface area contributed by atoms with E-state index in [0.29, 0.717) is 47.4 Å². The molecule has 13 heteroatoms. The van der Waals surface area contributed by atoms with E-state index in [0.717, 1.165) is 0 Å². The molecule has 0 aliphatic heterocycles. The molecular weight excluding hydrogens is 484 g/mol. The third kappa shape index (κ3) is 6.03. The Bertz CT molecular complexity index is 1310. The van der Waals surface area contributed by atoms with Crippen LogP contribution in [0, 0.1) is 0 Å². The standard InChI is InChI=1S/C22H22ClF2N7O3/c1-2-34-19(33)12-26-7-9-31-13-17(29-16-11-28-32-8-3-6-27-21(16)32)20(30-31)15-10-14(23)4-5-18(15)35-22(24)25/h3-6,8,10-11,13,22,26,29H,2,7,9,12H2,1H3. The summed E-state index contributed by atoms with van der Waals surface area (Å²) in [5, 5.41) is 15.4. The molecular formula is C22H22ClF2N7O3. The van der Waals surface area contributed by atoms with E-state index in [-0.39, 0.29) is 23.8 Å². The number of aromatic nitrogens is 5. The predicted octanol–water partition coefficient (Wildman–Crippen LogP) is 3.74. The summed E-state index contributed by atoms with van der Waals surface area (Å²) in [6, 6.07) is 6.08. The Balaban J connectivity index is 1.65. The van der Waals surface area contributed by atoms with Gasteiger partial charge in [-0.05, 0) is 31.2 Å². The number of hydrogen-bond acceptors (Lipinski definition) is 8. The zero-order valence-electron chi connectivity index (χ0n) is 18.6. The average Bonchev–Trinajstić information content (AvgIpc) is 3.42. The second-order valence-electron chi connectivity index (χ2n) is 7.23. The van der Waals surface area contributed by atoms with E-state index in [4.69, 9.17) is 21.1 Å². The fourth-order valence-electron chi connectivity index (χ4n) is 3.37. The summed E-state index contributed by atoms with van der Waals surface area (Å²) in [6.07, 6.45) is 6.69. The highest BCUT2D eigenvalue weighted by Crippen LogP contribution is 2.38. The number of fused-ring (bicyclic) bond motifs is 1. The summed E-state index contributed by atoms with van der Waals surface area (Å²) >= 11 is 6.17. The van der Waals surface area contributed by atoms with Gasteiger partial charge in [0.05, 0.1) is 31.6 Å². The van der Waals surface area contributed by atoms with Gasteiger partial charge in [-0.3, -0.25) is 9.48 Å². The maximum atomic E-state index is 13.1. The van der Waals surface area contributed by atoms with Crippen LogP contribution in [-0.4, -0.2) is 56.7 Å². The van der Waals surface area contributed by atoms with Crippen LogP contribution < -0.4 is 15.4 Å². The fraction of sp³-hybridized carbons (Fsp3) is 0.273. The number of alkyl halides is 2. The Morgan fingerprint density at radius 1 is 1.29 bits per heavy atom. The Kier molecular flexibility index (Phi) is 7.73. The third-order valence-corrected chi connectivity index (χ3v) is 5.05. The number of halogens is 3. The largest absolute Gasteiger partial charge is 0.465 e. The molecule has 1 aromatic carbocycles. The van der Waals surface area contributed by atoms with Crippen molar-refractivity contribution >= 4 is 34.6 Å². The quantitative estimate of drug-likeness (QED) is 0.234. The zero-order chi connectivity index (χ0) is 24.8. The van der Waals surface area contributed by atoms with E-state index >= 15 is 0 Å². The average molecular weight is 506 g/mol. The number of nitrogens with zero attached hydrogens (tertiary/aromatic N) is 5. The van der Waals surface area contributed by atoms with Gasteiger partial charge in [0.1, 0.15) is 17.1 Å². The number of ether oxygens (including phenoxy) is 2. The number of anilines is 2. The van der Waals surface area contributed by atoms with Gasteiger partial charge in [0, 0.05) is 35.7 Å². The molecule has 184 valence electrons. The molecule has 3 aromatic heterocycles. The molecule has 0 unspecified atom stereocenters.